The van der Waals surface area contributed by atoms with Gasteiger partial charge in [-0.3, -0.25) is 9.59 Å². The van der Waals surface area contributed by atoms with E-state index in [4.69, 9.17) is 9.47 Å². The SMILES string of the molecule is COc1ccc(CCN(C(=O)c2cccs2)C(C(=O)NC2CCCC2)c2ccccc2)cc1OC. The van der Waals surface area contributed by atoms with Crippen molar-refractivity contribution < 1.29 is 19.1 Å². The highest BCUT2D eigenvalue weighted by molar-refractivity contribution is 7.12. The van der Waals surface area contributed by atoms with Crippen molar-refractivity contribution in [3.05, 3.63) is 82.0 Å². The standard InChI is InChI=1S/C28H32N2O4S/c1-33-23-15-14-20(19-24(23)34-2)16-17-30(28(32)25-13-8-18-35-25)26(21-9-4-3-5-10-21)27(31)29-22-11-6-7-12-22/h3-5,8-10,13-15,18-19,22,26H,6-7,11-12,16-17H2,1-2H3,(H,29,31). The van der Waals surface area contributed by atoms with Gasteiger partial charge in [0, 0.05) is 12.6 Å². The molecule has 1 fully saturated rings. The van der Waals surface area contributed by atoms with E-state index in [-0.39, 0.29) is 17.9 Å². The molecule has 2 amide bonds. The lowest BCUT2D eigenvalue weighted by molar-refractivity contribution is -0.126. The van der Waals surface area contributed by atoms with Crippen LogP contribution < -0.4 is 14.8 Å². The zero-order valence-corrected chi connectivity index (χ0v) is 21.1. The van der Waals surface area contributed by atoms with Crippen LogP contribution in [0.1, 0.15) is 52.5 Å². The third kappa shape index (κ3) is 6.03. The first-order valence-electron chi connectivity index (χ1n) is 12.0. The summed E-state index contributed by atoms with van der Waals surface area (Å²) in [7, 11) is 3.21. The minimum atomic E-state index is -0.716. The number of methoxy groups -OCH3 is 2. The fourth-order valence-corrected chi connectivity index (χ4v) is 5.31. The van der Waals surface area contributed by atoms with Gasteiger partial charge in [-0.05, 0) is 54.0 Å². The highest BCUT2D eigenvalue weighted by Crippen LogP contribution is 2.30. The highest BCUT2D eigenvalue weighted by Gasteiger charge is 2.33. The Balaban J connectivity index is 1.65. The molecule has 0 aliphatic heterocycles. The van der Waals surface area contributed by atoms with E-state index < -0.39 is 6.04 Å². The average molecular weight is 493 g/mol. The highest BCUT2D eigenvalue weighted by atomic mass is 32.1. The van der Waals surface area contributed by atoms with Crippen LogP contribution in [0.3, 0.4) is 0 Å². The van der Waals surface area contributed by atoms with Gasteiger partial charge >= 0.3 is 0 Å². The lowest BCUT2D eigenvalue weighted by Gasteiger charge is -2.32. The summed E-state index contributed by atoms with van der Waals surface area (Å²) in [5.74, 6) is 1.02. The smallest absolute Gasteiger partial charge is 0.264 e. The van der Waals surface area contributed by atoms with Crippen molar-refractivity contribution in [1.82, 2.24) is 10.2 Å². The first-order valence-corrected chi connectivity index (χ1v) is 12.9. The molecule has 184 valence electrons. The van der Waals surface area contributed by atoms with Gasteiger partial charge in [0.2, 0.25) is 5.91 Å². The molecule has 1 saturated carbocycles. The van der Waals surface area contributed by atoms with Crippen molar-refractivity contribution in [3.63, 3.8) is 0 Å². The molecule has 1 N–H and O–H groups in total. The fraction of sp³-hybridized carbons (Fsp3) is 0.357. The number of benzene rings is 2. The van der Waals surface area contributed by atoms with Crippen molar-refractivity contribution >= 4 is 23.2 Å². The molecular formula is C28H32N2O4S. The number of hydrogen-bond donors (Lipinski definition) is 1. The fourth-order valence-electron chi connectivity index (χ4n) is 4.63. The molecule has 0 spiro atoms. The third-order valence-electron chi connectivity index (χ3n) is 6.46. The van der Waals surface area contributed by atoms with Gasteiger partial charge in [-0.1, -0.05) is 55.3 Å². The van der Waals surface area contributed by atoms with Gasteiger partial charge < -0.3 is 19.7 Å². The van der Waals surface area contributed by atoms with Crippen molar-refractivity contribution in [2.75, 3.05) is 20.8 Å². The maximum Gasteiger partial charge on any atom is 0.264 e. The summed E-state index contributed by atoms with van der Waals surface area (Å²) < 4.78 is 10.8. The average Bonchev–Trinajstić information content (AvgIpc) is 3.61. The lowest BCUT2D eigenvalue weighted by Crippen LogP contribution is -2.46. The molecule has 1 aromatic heterocycles. The topological polar surface area (TPSA) is 67.9 Å². The second kappa shape index (κ2) is 11.9. The third-order valence-corrected chi connectivity index (χ3v) is 7.32. The van der Waals surface area contributed by atoms with Gasteiger partial charge in [-0.15, -0.1) is 11.3 Å². The van der Waals surface area contributed by atoms with Crippen molar-refractivity contribution in [2.45, 2.75) is 44.2 Å². The number of ether oxygens (including phenoxy) is 2. The molecule has 1 atom stereocenters. The lowest BCUT2D eigenvalue weighted by atomic mass is 10.0. The molecule has 6 nitrogen and oxygen atoms in total. The Morgan fingerprint density at radius 2 is 1.74 bits per heavy atom. The quantitative estimate of drug-likeness (QED) is 0.420. The number of hydrogen-bond acceptors (Lipinski definition) is 5. The van der Waals surface area contributed by atoms with Gasteiger partial charge in [-0.2, -0.15) is 0 Å². The number of thiophene rings is 1. The Labute approximate surface area is 210 Å². The predicted octanol–water partition coefficient (Wildman–Crippen LogP) is 5.25. The summed E-state index contributed by atoms with van der Waals surface area (Å²) in [6.45, 7) is 0.379. The number of rotatable bonds is 10. The normalized spacial score (nSPS) is 14.3. The molecule has 1 heterocycles. The van der Waals surface area contributed by atoms with E-state index >= 15 is 0 Å². The molecule has 1 unspecified atom stereocenters. The first-order chi connectivity index (χ1) is 17.1. The number of amides is 2. The Kier molecular flexibility index (Phi) is 8.42. The van der Waals surface area contributed by atoms with Crippen LogP contribution in [0.4, 0.5) is 0 Å². The van der Waals surface area contributed by atoms with E-state index in [1.807, 2.05) is 66.0 Å². The Hall–Kier alpha value is -3.32. The van der Waals surface area contributed by atoms with Gasteiger partial charge in [-0.25, -0.2) is 0 Å². The van der Waals surface area contributed by atoms with Crippen LogP contribution in [0.2, 0.25) is 0 Å². The molecule has 7 heteroatoms. The molecule has 2 aromatic carbocycles. The summed E-state index contributed by atoms with van der Waals surface area (Å²) in [5.41, 5.74) is 1.80. The van der Waals surface area contributed by atoms with Gasteiger partial charge in [0.15, 0.2) is 11.5 Å². The van der Waals surface area contributed by atoms with Gasteiger partial charge in [0.25, 0.3) is 5.91 Å². The van der Waals surface area contributed by atoms with Crippen molar-refractivity contribution in [1.29, 1.82) is 0 Å². The Morgan fingerprint density at radius 1 is 1.00 bits per heavy atom. The summed E-state index contributed by atoms with van der Waals surface area (Å²) in [5, 5.41) is 5.11. The Morgan fingerprint density at radius 3 is 2.40 bits per heavy atom. The summed E-state index contributed by atoms with van der Waals surface area (Å²) >= 11 is 1.39. The molecular weight excluding hydrogens is 460 g/mol. The molecule has 1 aliphatic rings. The second-order valence-electron chi connectivity index (χ2n) is 8.72. The van der Waals surface area contributed by atoms with E-state index in [0.29, 0.717) is 29.3 Å². The van der Waals surface area contributed by atoms with Crippen LogP contribution >= 0.6 is 11.3 Å². The zero-order chi connectivity index (χ0) is 24.6. The molecule has 4 rings (SSSR count). The number of nitrogens with zero attached hydrogens (tertiary/aromatic N) is 1. The van der Waals surface area contributed by atoms with E-state index in [1.54, 1.807) is 19.1 Å². The maximum atomic E-state index is 13.7. The molecule has 0 saturated heterocycles. The number of nitrogens with one attached hydrogen (secondary N) is 1. The summed E-state index contributed by atoms with van der Waals surface area (Å²) in [6.07, 6.45) is 4.78. The Bertz CT molecular complexity index is 1110. The molecule has 0 radical (unpaired) electrons. The molecule has 1 aliphatic carbocycles. The number of carbonyl (C=O) groups excluding carboxylic acids is 2. The van der Waals surface area contributed by atoms with E-state index in [9.17, 15) is 9.59 Å². The van der Waals surface area contributed by atoms with Crippen LogP contribution in [0.15, 0.2) is 66.0 Å². The predicted molar refractivity (Wildman–Crippen MR) is 138 cm³/mol. The zero-order valence-electron chi connectivity index (χ0n) is 20.2. The van der Waals surface area contributed by atoms with Crippen LogP contribution in [-0.4, -0.2) is 43.5 Å². The van der Waals surface area contributed by atoms with Gasteiger partial charge in [0.05, 0.1) is 19.1 Å². The van der Waals surface area contributed by atoms with Crippen molar-refractivity contribution in [3.8, 4) is 11.5 Å². The van der Waals surface area contributed by atoms with Gasteiger partial charge in [0.1, 0.15) is 6.04 Å². The van der Waals surface area contributed by atoms with Crippen LogP contribution in [-0.2, 0) is 11.2 Å². The van der Waals surface area contributed by atoms with Crippen LogP contribution in [0.25, 0.3) is 0 Å². The summed E-state index contributed by atoms with van der Waals surface area (Å²) in [6, 6.07) is 18.5. The monoisotopic (exact) mass is 492 g/mol. The largest absolute Gasteiger partial charge is 0.493 e. The van der Waals surface area contributed by atoms with Crippen LogP contribution in [0.5, 0.6) is 11.5 Å². The van der Waals surface area contributed by atoms with E-state index in [2.05, 4.69) is 5.32 Å². The molecule has 0 bridgehead atoms. The molecule has 35 heavy (non-hydrogen) atoms. The summed E-state index contributed by atoms with van der Waals surface area (Å²) in [4.78, 5) is 29.7. The van der Waals surface area contributed by atoms with E-state index in [1.165, 1.54) is 11.3 Å². The second-order valence-corrected chi connectivity index (χ2v) is 9.67. The van der Waals surface area contributed by atoms with Crippen molar-refractivity contribution in [2.24, 2.45) is 0 Å². The number of carbonyl (C=O) groups is 2. The van der Waals surface area contributed by atoms with Crippen LogP contribution in [0, 0.1) is 0 Å². The first kappa shape index (κ1) is 24.8. The maximum absolute atomic E-state index is 13.7. The minimum absolute atomic E-state index is 0.125. The molecule has 3 aromatic rings. The van der Waals surface area contributed by atoms with E-state index in [0.717, 1.165) is 36.8 Å². The minimum Gasteiger partial charge on any atom is -0.493 e.